The van der Waals surface area contributed by atoms with Gasteiger partial charge in [-0.2, -0.15) is 5.10 Å². The maximum absolute atomic E-state index is 12.5. The summed E-state index contributed by atoms with van der Waals surface area (Å²) in [7, 11) is 0. The standard InChI is InChI=1S/C16H27N3O2/c1-4-8-12(3)13-11-14(19-18-13)17-15(20)16(21-5-2)9-6-7-10-16/h11-12H,4-10H2,1-3H3,(H2,17,18,19,20). The van der Waals surface area contributed by atoms with Crippen molar-refractivity contribution in [2.45, 2.75) is 70.8 Å². The molecule has 1 aliphatic rings. The van der Waals surface area contributed by atoms with Crippen LogP contribution < -0.4 is 5.32 Å². The fraction of sp³-hybridized carbons (Fsp3) is 0.750. The summed E-state index contributed by atoms with van der Waals surface area (Å²) in [6, 6.07) is 1.94. The Kier molecular flexibility index (Phi) is 5.39. The monoisotopic (exact) mass is 293 g/mol. The van der Waals surface area contributed by atoms with E-state index in [-0.39, 0.29) is 5.91 Å². The van der Waals surface area contributed by atoms with E-state index in [1.54, 1.807) is 0 Å². The first-order valence-electron chi connectivity index (χ1n) is 8.12. The molecule has 0 spiro atoms. The molecule has 1 atom stereocenters. The third kappa shape index (κ3) is 3.64. The molecule has 1 unspecified atom stereocenters. The molecule has 118 valence electrons. The number of nitrogens with one attached hydrogen (secondary N) is 2. The van der Waals surface area contributed by atoms with Gasteiger partial charge < -0.3 is 10.1 Å². The lowest BCUT2D eigenvalue weighted by molar-refractivity contribution is -0.140. The van der Waals surface area contributed by atoms with Crippen LogP contribution in [0.2, 0.25) is 0 Å². The number of hydrogen-bond acceptors (Lipinski definition) is 3. The van der Waals surface area contributed by atoms with E-state index in [4.69, 9.17) is 4.74 Å². The van der Waals surface area contributed by atoms with Gasteiger partial charge in [0.05, 0.1) is 0 Å². The number of anilines is 1. The van der Waals surface area contributed by atoms with Crippen molar-refractivity contribution in [1.82, 2.24) is 10.2 Å². The van der Waals surface area contributed by atoms with Crippen LogP contribution in [0.25, 0.3) is 0 Å². The zero-order valence-electron chi connectivity index (χ0n) is 13.4. The first kappa shape index (κ1) is 16.0. The highest BCUT2D eigenvalue weighted by atomic mass is 16.5. The Hall–Kier alpha value is -1.36. The second kappa shape index (κ2) is 7.07. The molecular formula is C16H27N3O2. The number of ether oxygens (including phenoxy) is 1. The highest BCUT2D eigenvalue weighted by Crippen LogP contribution is 2.34. The Balaban J connectivity index is 2.02. The van der Waals surface area contributed by atoms with Crippen LogP contribution in [0, 0.1) is 0 Å². The summed E-state index contributed by atoms with van der Waals surface area (Å²) < 4.78 is 5.77. The second-order valence-electron chi connectivity index (χ2n) is 5.99. The Labute approximate surface area is 126 Å². The fourth-order valence-electron chi connectivity index (χ4n) is 3.13. The van der Waals surface area contributed by atoms with Gasteiger partial charge in [-0.3, -0.25) is 9.89 Å². The predicted octanol–water partition coefficient (Wildman–Crippen LogP) is 3.60. The lowest BCUT2D eigenvalue weighted by atomic mass is 10.0. The molecule has 0 aliphatic heterocycles. The summed E-state index contributed by atoms with van der Waals surface area (Å²) in [5.41, 5.74) is 0.423. The minimum Gasteiger partial charge on any atom is -0.365 e. The average Bonchev–Trinajstić information content (AvgIpc) is 3.09. The van der Waals surface area contributed by atoms with Gasteiger partial charge in [-0.25, -0.2) is 0 Å². The van der Waals surface area contributed by atoms with Gasteiger partial charge in [-0.15, -0.1) is 0 Å². The van der Waals surface area contributed by atoms with Crippen LogP contribution in [0.3, 0.4) is 0 Å². The van der Waals surface area contributed by atoms with E-state index in [1.807, 2.05) is 13.0 Å². The molecule has 1 saturated carbocycles. The minimum atomic E-state index is -0.650. The van der Waals surface area contributed by atoms with Crippen molar-refractivity contribution in [3.05, 3.63) is 11.8 Å². The molecule has 0 bridgehead atoms. The van der Waals surface area contributed by atoms with Crippen molar-refractivity contribution in [2.75, 3.05) is 11.9 Å². The highest BCUT2D eigenvalue weighted by molar-refractivity contribution is 5.96. The second-order valence-corrected chi connectivity index (χ2v) is 5.99. The van der Waals surface area contributed by atoms with E-state index in [1.165, 1.54) is 0 Å². The summed E-state index contributed by atoms with van der Waals surface area (Å²) in [4.78, 5) is 12.5. The molecule has 0 saturated heterocycles. The average molecular weight is 293 g/mol. The smallest absolute Gasteiger partial charge is 0.257 e. The summed E-state index contributed by atoms with van der Waals surface area (Å²) in [5, 5.41) is 10.2. The molecule has 1 amide bonds. The van der Waals surface area contributed by atoms with Crippen LogP contribution in [0.4, 0.5) is 5.82 Å². The van der Waals surface area contributed by atoms with Gasteiger partial charge in [0, 0.05) is 18.4 Å². The minimum absolute atomic E-state index is 0.0527. The molecule has 5 heteroatoms. The number of hydrogen-bond donors (Lipinski definition) is 2. The SMILES string of the molecule is CCCC(C)c1cc(NC(=O)C2(OCC)CCCC2)n[nH]1. The summed E-state index contributed by atoms with van der Waals surface area (Å²) in [6.07, 6.45) is 5.94. The number of rotatable bonds is 7. The molecule has 21 heavy (non-hydrogen) atoms. The van der Waals surface area contributed by atoms with Crippen LogP contribution in [-0.4, -0.2) is 28.3 Å². The first-order valence-corrected chi connectivity index (χ1v) is 8.12. The molecule has 1 aromatic rings. The molecular weight excluding hydrogens is 266 g/mol. The van der Waals surface area contributed by atoms with Gasteiger partial charge in [0.25, 0.3) is 5.91 Å². The van der Waals surface area contributed by atoms with Crippen LogP contribution in [0.5, 0.6) is 0 Å². The quantitative estimate of drug-likeness (QED) is 0.807. The zero-order valence-corrected chi connectivity index (χ0v) is 13.4. The van der Waals surface area contributed by atoms with E-state index in [0.29, 0.717) is 18.3 Å². The molecule has 1 aromatic heterocycles. The molecule has 5 nitrogen and oxygen atoms in total. The van der Waals surface area contributed by atoms with Crippen molar-refractivity contribution in [1.29, 1.82) is 0 Å². The molecule has 1 fully saturated rings. The lowest BCUT2D eigenvalue weighted by Crippen LogP contribution is -2.43. The maximum atomic E-state index is 12.5. The van der Waals surface area contributed by atoms with E-state index >= 15 is 0 Å². The van der Waals surface area contributed by atoms with Gasteiger partial charge >= 0.3 is 0 Å². The predicted molar refractivity (Wildman–Crippen MR) is 83.4 cm³/mol. The van der Waals surface area contributed by atoms with Crippen molar-refractivity contribution >= 4 is 11.7 Å². The summed E-state index contributed by atoms with van der Waals surface area (Å²) in [6.45, 7) is 6.84. The van der Waals surface area contributed by atoms with Gasteiger partial charge in [0.2, 0.25) is 0 Å². The molecule has 0 radical (unpaired) electrons. The van der Waals surface area contributed by atoms with Crippen molar-refractivity contribution < 1.29 is 9.53 Å². The number of amides is 1. The molecule has 1 aliphatic carbocycles. The number of nitrogens with zero attached hydrogens (tertiary/aromatic N) is 1. The third-order valence-corrected chi connectivity index (χ3v) is 4.34. The van der Waals surface area contributed by atoms with Crippen LogP contribution in [0.1, 0.15) is 70.9 Å². The number of aromatic amines is 1. The Morgan fingerprint density at radius 1 is 1.48 bits per heavy atom. The molecule has 2 rings (SSSR count). The van der Waals surface area contributed by atoms with Crippen LogP contribution in [-0.2, 0) is 9.53 Å². The third-order valence-electron chi connectivity index (χ3n) is 4.34. The fourth-order valence-corrected chi connectivity index (χ4v) is 3.13. The zero-order chi connectivity index (χ0) is 15.3. The van der Waals surface area contributed by atoms with Gasteiger partial charge in [0.15, 0.2) is 5.82 Å². The van der Waals surface area contributed by atoms with E-state index in [2.05, 4.69) is 29.4 Å². The molecule has 1 heterocycles. The summed E-state index contributed by atoms with van der Waals surface area (Å²) in [5.74, 6) is 0.979. The van der Waals surface area contributed by atoms with E-state index in [0.717, 1.165) is 44.2 Å². The van der Waals surface area contributed by atoms with Gasteiger partial charge in [0.1, 0.15) is 5.60 Å². The van der Waals surface area contributed by atoms with Gasteiger partial charge in [-0.05, 0) is 44.9 Å². The maximum Gasteiger partial charge on any atom is 0.257 e. The summed E-state index contributed by atoms with van der Waals surface area (Å²) >= 11 is 0. The normalized spacial score (nSPS) is 18.6. The largest absolute Gasteiger partial charge is 0.365 e. The number of carbonyl (C=O) groups excluding carboxylic acids is 1. The highest BCUT2D eigenvalue weighted by Gasteiger charge is 2.42. The number of H-pyrrole nitrogens is 1. The van der Waals surface area contributed by atoms with Crippen molar-refractivity contribution in [3.63, 3.8) is 0 Å². The van der Waals surface area contributed by atoms with Crippen molar-refractivity contribution in [2.24, 2.45) is 0 Å². The Morgan fingerprint density at radius 2 is 2.19 bits per heavy atom. The Bertz CT molecular complexity index is 464. The van der Waals surface area contributed by atoms with Crippen LogP contribution in [0.15, 0.2) is 6.07 Å². The van der Waals surface area contributed by atoms with E-state index < -0.39 is 5.60 Å². The molecule has 2 N–H and O–H groups in total. The van der Waals surface area contributed by atoms with E-state index in [9.17, 15) is 4.79 Å². The molecule has 0 aromatic carbocycles. The Morgan fingerprint density at radius 3 is 2.81 bits per heavy atom. The van der Waals surface area contributed by atoms with Crippen LogP contribution >= 0.6 is 0 Å². The first-order chi connectivity index (χ1) is 10.1. The number of carbonyl (C=O) groups is 1. The van der Waals surface area contributed by atoms with Gasteiger partial charge in [-0.1, -0.05) is 20.3 Å². The lowest BCUT2D eigenvalue weighted by Gasteiger charge is -2.26. The van der Waals surface area contributed by atoms with Crippen molar-refractivity contribution in [3.8, 4) is 0 Å². The number of aromatic nitrogens is 2. The topological polar surface area (TPSA) is 67.0 Å².